The van der Waals surface area contributed by atoms with Crippen molar-refractivity contribution in [3.8, 4) is 28.4 Å². The second-order valence-electron chi connectivity index (χ2n) is 9.40. The maximum Gasteiger partial charge on any atom is 0.419 e. The molecule has 0 spiro atoms. The number of benzene rings is 3. The van der Waals surface area contributed by atoms with Crippen molar-refractivity contribution in [2.45, 2.75) is 45.5 Å². The van der Waals surface area contributed by atoms with Crippen molar-refractivity contribution in [2.75, 3.05) is 26.3 Å². The van der Waals surface area contributed by atoms with Crippen molar-refractivity contribution in [3.63, 3.8) is 0 Å². The highest BCUT2D eigenvalue weighted by molar-refractivity contribution is 5.71. The van der Waals surface area contributed by atoms with Crippen molar-refractivity contribution in [3.05, 3.63) is 76.9 Å². The van der Waals surface area contributed by atoms with Crippen LogP contribution in [0.4, 0.5) is 13.2 Å². The van der Waals surface area contributed by atoms with E-state index in [0.29, 0.717) is 31.3 Å². The highest BCUT2D eigenvalue weighted by Crippen LogP contribution is 2.39. The summed E-state index contributed by atoms with van der Waals surface area (Å²) in [6, 6.07) is 15.8. The lowest BCUT2D eigenvalue weighted by Gasteiger charge is -2.27. The smallest absolute Gasteiger partial charge is 0.419 e. The minimum Gasteiger partial charge on any atom is -0.488 e. The summed E-state index contributed by atoms with van der Waals surface area (Å²) in [6.45, 7) is 5.61. The van der Waals surface area contributed by atoms with Gasteiger partial charge in [0.1, 0.15) is 25.6 Å². The zero-order chi connectivity index (χ0) is 25.1. The lowest BCUT2D eigenvalue weighted by atomic mass is 9.96. The first-order valence-electron chi connectivity index (χ1n) is 12.4. The number of ether oxygens (including phenoxy) is 3. The molecule has 36 heavy (non-hydrogen) atoms. The zero-order valence-corrected chi connectivity index (χ0v) is 20.4. The van der Waals surface area contributed by atoms with E-state index in [-0.39, 0.29) is 12.4 Å². The molecule has 1 fully saturated rings. The maximum atomic E-state index is 13.8. The Bertz CT molecular complexity index is 1220. The van der Waals surface area contributed by atoms with E-state index in [1.165, 1.54) is 6.42 Å². The van der Waals surface area contributed by atoms with Gasteiger partial charge in [0.2, 0.25) is 0 Å². The average molecular weight is 498 g/mol. The summed E-state index contributed by atoms with van der Waals surface area (Å²) in [5.41, 5.74) is 3.80. The lowest BCUT2D eigenvalue weighted by Crippen LogP contribution is -2.29. The molecule has 0 bridgehead atoms. The molecule has 190 valence electrons. The monoisotopic (exact) mass is 497 g/mol. The summed E-state index contributed by atoms with van der Waals surface area (Å²) < 4.78 is 58.4. The van der Waals surface area contributed by atoms with Crippen LogP contribution in [0.2, 0.25) is 0 Å². The second-order valence-corrected chi connectivity index (χ2v) is 9.40. The molecule has 0 aliphatic carbocycles. The molecular weight excluding hydrogens is 467 g/mol. The highest BCUT2D eigenvalue weighted by Gasteiger charge is 2.34. The molecule has 0 radical (unpaired) electrons. The number of piperidine rings is 1. The molecule has 3 aromatic rings. The van der Waals surface area contributed by atoms with Crippen LogP contribution in [-0.4, -0.2) is 31.2 Å². The summed E-state index contributed by atoms with van der Waals surface area (Å²) in [5, 5.41) is 0. The molecule has 2 heterocycles. The van der Waals surface area contributed by atoms with Gasteiger partial charge in [-0.05, 0) is 84.9 Å². The number of nitrogens with zero attached hydrogens (tertiary/aromatic N) is 1. The van der Waals surface area contributed by atoms with Gasteiger partial charge in [-0.15, -0.1) is 0 Å². The Balaban J connectivity index is 1.38. The third-order valence-corrected chi connectivity index (χ3v) is 6.89. The van der Waals surface area contributed by atoms with Crippen molar-refractivity contribution in [1.29, 1.82) is 0 Å². The molecule has 4 nitrogen and oxygen atoms in total. The van der Waals surface area contributed by atoms with Gasteiger partial charge in [-0.2, -0.15) is 13.2 Å². The summed E-state index contributed by atoms with van der Waals surface area (Å²) in [4.78, 5) is 2.29. The average Bonchev–Trinajstić information content (AvgIpc) is 2.88. The van der Waals surface area contributed by atoms with Crippen LogP contribution >= 0.6 is 0 Å². The first kappa shape index (κ1) is 24.5. The Morgan fingerprint density at radius 3 is 2.44 bits per heavy atom. The fourth-order valence-corrected chi connectivity index (χ4v) is 4.91. The van der Waals surface area contributed by atoms with Crippen molar-refractivity contribution in [1.82, 2.24) is 4.90 Å². The number of hydrogen-bond donors (Lipinski definition) is 0. The fraction of sp³-hybridized carbons (Fsp3) is 0.379. The number of fused-ring (bicyclic) bond motifs is 1. The molecule has 5 rings (SSSR count). The van der Waals surface area contributed by atoms with E-state index in [1.54, 1.807) is 12.1 Å². The highest BCUT2D eigenvalue weighted by atomic mass is 19.4. The van der Waals surface area contributed by atoms with Gasteiger partial charge in [-0.25, -0.2) is 0 Å². The predicted molar refractivity (Wildman–Crippen MR) is 133 cm³/mol. The third-order valence-electron chi connectivity index (χ3n) is 6.89. The van der Waals surface area contributed by atoms with Crippen LogP contribution in [0, 0.1) is 6.92 Å². The predicted octanol–water partition coefficient (Wildman–Crippen LogP) is 7.02. The first-order chi connectivity index (χ1) is 17.4. The largest absolute Gasteiger partial charge is 0.488 e. The number of alkyl halides is 3. The molecule has 0 saturated carbocycles. The van der Waals surface area contributed by atoms with E-state index in [9.17, 15) is 13.2 Å². The van der Waals surface area contributed by atoms with Crippen molar-refractivity contribution in [2.24, 2.45) is 0 Å². The van der Waals surface area contributed by atoms with Gasteiger partial charge in [0.25, 0.3) is 0 Å². The molecule has 0 amide bonds. The van der Waals surface area contributed by atoms with Crippen LogP contribution < -0.4 is 14.2 Å². The molecule has 7 heteroatoms. The Labute approximate surface area is 209 Å². The standard InChI is InChI=1S/C29H30F3NO3/c1-20-23(6-5-7-24(20)22-9-11-26-28(17-22)35-15-14-34-26)19-36-27-16-21(8-10-25(27)29(30,31)32)18-33-12-3-2-4-13-33/h5-11,16-17H,2-4,12-15,18-19H2,1H3. The molecule has 0 aromatic heterocycles. The number of halogens is 3. The van der Waals surface area contributed by atoms with E-state index < -0.39 is 11.7 Å². The molecular formula is C29H30F3NO3. The molecule has 3 aromatic carbocycles. The molecule has 0 unspecified atom stereocenters. The van der Waals surface area contributed by atoms with Crippen LogP contribution in [-0.2, 0) is 19.3 Å². The van der Waals surface area contributed by atoms with Crippen molar-refractivity contribution >= 4 is 0 Å². The summed E-state index contributed by atoms with van der Waals surface area (Å²) in [5.74, 6) is 1.28. The van der Waals surface area contributed by atoms with Crippen LogP contribution in [0.5, 0.6) is 17.2 Å². The van der Waals surface area contributed by atoms with Crippen LogP contribution in [0.3, 0.4) is 0 Å². The lowest BCUT2D eigenvalue weighted by molar-refractivity contribution is -0.139. The normalized spacial score (nSPS) is 16.1. The number of hydrogen-bond acceptors (Lipinski definition) is 4. The number of likely N-dealkylation sites (tertiary alicyclic amines) is 1. The summed E-state index contributed by atoms with van der Waals surface area (Å²) in [6.07, 6.45) is -1.02. The van der Waals surface area contributed by atoms with Crippen LogP contribution in [0.25, 0.3) is 11.1 Å². The maximum absolute atomic E-state index is 13.8. The minimum absolute atomic E-state index is 0.0421. The molecule has 2 aliphatic rings. The van der Waals surface area contributed by atoms with Gasteiger partial charge in [0, 0.05) is 6.54 Å². The van der Waals surface area contributed by atoms with E-state index in [4.69, 9.17) is 14.2 Å². The second kappa shape index (κ2) is 10.4. The quantitative estimate of drug-likeness (QED) is 0.366. The first-order valence-corrected chi connectivity index (χ1v) is 12.4. The third kappa shape index (κ3) is 5.46. The Hall–Kier alpha value is -3.19. The number of rotatable bonds is 6. The van der Waals surface area contributed by atoms with Gasteiger partial charge in [-0.3, -0.25) is 4.90 Å². The van der Waals surface area contributed by atoms with E-state index in [0.717, 1.165) is 59.8 Å². The van der Waals surface area contributed by atoms with Gasteiger partial charge in [0.05, 0.1) is 5.56 Å². The Kier molecular flexibility index (Phi) is 7.10. The van der Waals surface area contributed by atoms with Gasteiger partial charge >= 0.3 is 6.18 Å². The van der Waals surface area contributed by atoms with E-state index >= 15 is 0 Å². The zero-order valence-electron chi connectivity index (χ0n) is 20.4. The Morgan fingerprint density at radius 2 is 1.67 bits per heavy atom. The SMILES string of the molecule is Cc1c(COc2cc(CN3CCCCC3)ccc2C(F)(F)F)cccc1-c1ccc2c(c1)OCCO2. The molecule has 0 N–H and O–H groups in total. The van der Waals surface area contributed by atoms with Crippen LogP contribution in [0.1, 0.15) is 41.5 Å². The Morgan fingerprint density at radius 1 is 0.889 bits per heavy atom. The van der Waals surface area contributed by atoms with Gasteiger partial charge in [0.15, 0.2) is 11.5 Å². The van der Waals surface area contributed by atoms with Gasteiger partial charge < -0.3 is 14.2 Å². The van der Waals surface area contributed by atoms with Crippen molar-refractivity contribution < 1.29 is 27.4 Å². The van der Waals surface area contributed by atoms with Crippen LogP contribution in [0.15, 0.2) is 54.6 Å². The summed E-state index contributed by atoms with van der Waals surface area (Å²) in [7, 11) is 0. The molecule has 1 saturated heterocycles. The topological polar surface area (TPSA) is 30.9 Å². The fourth-order valence-electron chi connectivity index (χ4n) is 4.91. The molecule has 2 aliphatic heterocycles. The molecule has 0 atom stereocenters. The van der Waals surface area contributed by atoms with E-state index in [2.05, 4.69) is 4.90 Å². The minimum atomic E-state index is -4.49. The summed E-state index contributed by atoms with van der Waals surface area (Å²) >= 11 is 0. The van der Waals surface area contributed by atoms with Gasteiger partial charge in [-0.1, -0.05) is 36.8 Å². The van der Waals surface area contributed by atoms with E-state index in [1.807, 2.05) is 43.3 Å².